The number of aromatic amines is 1. The summed E-state index contributed by atoms with van der Waals surface area (Å²) in [7, 11) is 0. The van der Waals surface area contributed by atoms with Crippen molar-refractivity contribution in [2.75, 3.05) is 0 Å². The summed E-state index contributed by atoms with van der Waals surface area (Å²) in [5, 5.41) is 10.7. The maximum atomic E-state index is 12.2. The maximum absolute atomic E-state index is 12.2. The molecule has 4 heterocycles. The summed E-state index contributed by atoms with van der Waals surface area (Å²) >= 11 is 0. The summed E-state index contributed by atoms with van der Waals surface area (Å²) in [6, 6.07) is 5.51. The van der Waals surface area contributed by atoms with Gasteiger partial charge in [0, 0.05) is 30.2 Å². The second-order valence-corrected chi connectivity index (χ2v) is 4.71. The Labute approximate surface area is 124 Å². The van der Waals surface area contributed by atoms with Gasteiger partial charge in [0.15, 0.2) is 5.65 Å². The van der Waals surface area contributed by atoms with E-state index in [1.54, 1.807) is 35.3 Å². The van der Waals surface area contributed by atoms with Gasteiger partial charge < -0.3 is 5.32 Å². The first-order chi connectivity index (χ1) is 10.8. The van der Waals surface area contributed by atoms with E-state index < -0.39 is 0 Å². The lowest BCUT2D eigenvalue weighted by atomic mass is 10.2. The van der Waals surface area contributed by atoms with Crippen LogP contribution in [0.4, 0.5) is 0 Å². The second-order valence-electron chi connectivity index (χ2n) is 4.71. The fraction of sp³-hybridized carbons (Fsp3) is 0.0714. The number of amides is 1. The van der Waals surface area contributed by atoms with Crippen molar-refractivity contribution in [2.45, 2.75) is 6.54 Å². The van der Waals surface area contributed by atoms with Gasteiger partial charge in [-0.2, -0.15) is 5.10 Å². The molecule has 8 nitrogen and oxygen atoms in total. The van der Waals surface area contributed by atoms with Crippen LogP contribution in [0.2, 0.25) is 0 Å². The Bertz CT molecular complexity index is 938. The van der Waals surface area contributed by atoms with E-state index in [2.05, 4.69) is 30.5 Å². The van der Waals surface area contributed by atoms with Crippen molar-refractivity contribution in [1.29, 1.82) is 0 Å². The molecule has 8 heteroatoms. The fourth-order valence-electron chi connectivity index (χ4n) is 2.24. The summed E-state index contributed by atoms with van der Waals surface area (Å²) in [4.78, 5) is 24.6. The van der Waals surface area contributed by atoms with Gasteiger partial charge >= 0.3 is 0 Å². The molecule has 0 radical (unpaired) electrons. The van der Waals surface area contributed by atoms with Crippen molar-refractivity contribution in [3.63, 3.8) is 0 Å². The first-order valence-corrected chi connectivity index (χ1v) is 6.67. The zero-order chi connectivity index (χ0) is 14.9. The van der Waals surface area contributed by atoms with E-state index in [-0.39, 0.29) is 5.91 Å². The topological polar surface area (TPSA) is 101 Å². The molecule has 4 aromatic rings. The van der Waals surface area contributed by atoms with Crippen LogP contribution in [0.5, 0.6) is 0 Å². The molecule has 4 rings (SSSR count). The number of nitrogens with zero attached hydrogens (tertiary/aromatic N) is 5. The lowest BCUT2D eigenvalue weighted by molar-refractivity contribution is 0.0946. The molecule has 0 aliphatic rings. The number of hydrogen-bond acceptors (Lipinski definition) is 5. The highest BCUT2D eigenvalue weighted by Crippen LogP contribution is 2.12. The van der Waals surface area contributed by atoms with Crippen molar-refractivity contribution in [2.24, 2.45) is 0 Å². The highest BCUT2D eigenvalue weighted by molar-refractivity contribution is 5.92. The number of rotatable bonds is 3. The van der Waals surface area contributed by atoms with Crippen LogP contribution in [0, 0.1) is 0 Å². The molecular formula is C14H11N7O. The zero-order valence-electron chi connectivity index (χ0n) is 11.4. The van der Waals surface area contributed by atoms with E-state index in [1.165, 1.54) is 0 Å². The molecule has 108 valence electrons. The number of hydrogen-bond donors (Lipinski definition) is 2. The quantitative estimate of drug-likeness (QED) is 0.585. The third-order valence-corrected chi connectivity index (χ3v) is 3.30. The number of H-pyrrole nitrogens is 1. The predicted octanol–water partition coefficient (Wildman–Crippen LogP) is 0.931. The molecule has 0 unspecified atom stereocenters. The lowest BCUT2D eigenvalue weighted by Gasteiger charge is -2.01. The molecule has 0 fully saturated rings. The SMILES string of the molecule is O=C(NCc1[nH]nc2ncccc12)c1cn2cccnc2n1. The summed E-state index contributed by atoms with van der Waals surface area (Å²) in [5.41, 5.74) is 1.75. The van der Waals surface area contributed by atoms with Crippen LogP contribution in [0.25, 0.3) is 16.8 Å². The summed E-state index contributed by atoms with van der Waals surface area (Å²) < 4.78 is 1.70. The van der Waals surface area contributed by atoms with Crippen LogP contribution in [0.15, 0.2) is 43.0 Å². The monoisotopic (exact) mass is 293 g/mol. The molecule has 0 saturated carbocycles. The van der Waals surface area contributed by atoms with Gasteiger partial charge in [0.25, 0.3) is 5.91 Å². The Morgan fingerprint density at radius 2 is 2.18 bits per heavy atom. The van der Waals surface area contributed by atoms with Gasteiger partial charge in [0.2, 0.25) is 5.78 Å². The molecule has 4 aromatic heterocycles. The summed E-state index contributed by atoms with van der Waals surface area (Å²) in [6.45, 7) is 0.322. The van der Waals surface area contributed by atoms with E-state index in [1.807, 2.05) is 12.1 Å². The smallest absolute Gasteiger partial charge is 0.271 e. The van der Waals surface area contributed by atoms with Crippen molar-refractivity contribution in [3.8, 4) is 0 Å². The minimum atomic E-state index is -0.267. The normalized spacial score (nSPS) is 11.1. The van der Waals surface area contributed by atoms with Gasteiger partial charge in [-0.05, 0) is 18.2 Å². The van der Waals surface area contributed by atoms with Crippen LogP contribution >= 0.6 is 0 Å². The minimum Gasteiger partial charge on any atom is -0.345 e. The number of pyridine rings is 1. The third kappa shape index (κ3) is 2.06. The molecule has 0 aromatic carbocycles. The van der Waals surface area contributed by atoms with Gasteiger partial charge in [-0.15, -0.1) is 0 Å². The number of carbonyl (C=O) groups excluding carboxylic acids is 1. The first-order valence-electron chi connectivity index (χ1n) is 6.67. The Morgan fingerprint density at radius 3 is 3.09 bits per heavy atom. The molecule has 2 N–H and O–H groups in total. The van der Waals surface area contributed by atoms with Crippen LogP contribution in [0.1, 0.15) is 16.2 Å². The molecule has 0 spiro atoms. The minimum absolute atomic E-state index is 0.267. The highest BCUT2D eigenvalue weighted by atomic mass is 16.1. The van der Waals surface area contributed by atoms with Crippen molar-refractivity contribution < 1.29 is 4.79 Å². The Morgan fingerprint density at radius 1 is 1.27 bits per heavy atom. The summed E-state index contributed by atoms with van der Waals surface area (Å²) in [6.07, 6.45) is 6.74. The number of fused-ring (bicyclic) bond motifs is 2. The molecule has 22 heavy (non-hydrogen) atoms. The predicted molar refractivity (Wildman–Crippen MR) is 78.0 cm³/mol. The molecule has 0 atom stereocenters. The number of imidazole rings is 1. The number of aromatic nitrogens is 6. The molecular weight excluding hydrogens is 282 g/mol. The molecule has 1 amide bonds. The van der Waals surface area contributed by atoms with Gasteiger partial charge in [-0.1, -0.05) is 0 Å². The van der Waals surface area contributed by atoms with E-state index in [4.69, 9.17) is 0 Å². The zero-order valence-corrected chi connectivity index (χ0v) is 11.4. The van der Waals surface area contributed by atoms with Crippen molar-refractivity contribution in [1.82, 2.24) is 34.9 Å². The Balaban J connectivity index is 1.54. The number of nitrogens with one attached hydrogen (secondary N) is 2. The van der Waals surface area contributed by atoms with Gasteiger partial charge in [0.05, 0.1) is 12.2 Å². The van der Waals surface area contributed by atoms with Crippen LogP contribution in [0.3, 0.4) is 0 Å². The van der Waals surface area contributed by atoms with E-state index in [0.717, 1.165) is 11.1 Å². The van der Waals surface area contributed by atoms with Gasteiger partial charge in [0.1, 0.15) is 5.69 Å². The Kier molecular flexibility index (Phi) is 2.78. The Hall–Kier alpha value is -3.29. The van der Waals surface area contributed by atoms with Crippen molar-refractivity contribution >= 4 is 22.7 Å². The highest BCUT2D eigenvalue weighted by Gasteiger charge is 2.12. The second kappa shape index (κ2) is 4.92. The molecule has 0 bridgehead atoms. The van der Waals surface area contributed by atoms with Crippen molar-refractivity contribution in [3.05, 3.63) is 54.4 Å². The summed E-state index contributed by atoms with van der Waals surface area (Å²) in [5.74, 6) is 0.223. The van der Waals surface area contributed by atoms with Gasteiger partial charge in [-0.25, -0.2) is 15.0 Å². The van der Waals surface area contributed by atoms with E-state index >= 15 is 0 Å². The average molecular weight is 293 g/mol. The van der Waals surface area contributed by atoms with Gasteiger partial charge in [-0.3, -0.25) is 14.3 Å². The lowest BCUT2D eigenvalue weighted by Crippen LogP contribution is -2.23. The fourth-order valence-corrected chi connectivity index (χ4v) is 2.24. The van der Waals surface area contributed by atoms with Crippen LogP contribution in [-0.2, 0) is 6.54 Å². The molecule has 0 saturated heterocycles. The first kappa shape index (κ1) is 12.5. The largest absolute Gasteiger partial charge is 0.345 e. The molecule has 0 aliphatic heterocycles. The van der Waals surface area contributed by atoms with Crippen LogP contribution in [-0.4, -0.2) is 35.5 Å². The standard InChI is InChI=1S/C14H11N7O/c22-13(11-8-21-6-2-5-16-14(21)18-11)17-7-10-9-3-1-4-15-12(9)20-19-10/h1-6,8H,7H2,(H,17,22)(H,15,19,20). The van der Waals surface area contributed by atoms with E-state index in [9.17, 15) is 4.79 Å². The average Bonchev–Trinajstić information content (AvgIpc) is 3.16. The van der Waals surface area contributed by atoms with Crippen LogP contribution < -0.4 is 5.32 Å². The maximum Gasteiger partial charge on any atom is 0.271 e. The number of carbonyl (C=O) groups is 1. The third-order valence-electron chi connectivity index (χ3n) is 3.30. The van der Waals surface area contributed by atoms with E-state index in [0.29, 0.717) is 23.7 Å². The molecule has 0 aliphatic carbocycles.